The number of carboxylic acid groups (broad SMARTS) is 1. The topological polar surface area (TPSA) is 187 Å². The van der Waals surface area contributed by atoms with Crippen molar-refractivity contribution in [3.63, 3.8) is 0 Å². The predicted octanol–water partition coefficient (Wildman–Crippen LogP) is -3.36. The number of fused-ring (bicyclic) bond motifs is 1. The molecule has 3 heterocycles. The second-order valence-electron chi connectivity index (χ2n) is 5.87. The third-order valence-corrected chi connectivity index (χ3v) is 4.31. The fourth-order valence-electron chi connectivity index (χ4n) is 3.08. The van der Waals surface area contributed by atoms with Crippen LogP contribution < -0.4 is 0 Å². The molecule has 13 nitrogen and oxygen atoms in total. The lowest BCUT2D eigenvalue weighted by molar-refractivity contribution is -0.769. The number of nitrogens with zero attached hydrogens (tertiary/aromatic N) is 1. The molecule has 0 spiro atoms. The quantitative estimate of drug-likeness (QED) is 0.279. The lowest BCUT2D eigenvalue weighted by atomic mass is 9.99. The molecule has 0 radical (unpaired) electrons. The Kier molecular flexibility index (Phi) is 5.06. The molecule has 0 aromatic carbocycles. The number of hydrogen-bond acceptors (Lipinski definition) is 11. The summed E-state index contributed by atoms with van der Waals surface area (Å²) >= 11 is 0. The Morgan fingerprint density at radius 3 is 2.24 bits per heavy atom. The van der Waals surface area contributed by atoms with Crippen molar-refractivity contribution < 1.29 is 54.1 Å². The van der Waals surface area contributed by atoms with E-state index in [9.17, 15) is 30.2 Å². The van der Waals surface area contributed by atoms with Crippen LogP contribution in [0.25, 0.3) is 0 Å². The van der Waals surface area contributed by atoms with E-state index in [-0.39, 0.29) is 13.2 Å². The highest BCUT2D eigenvalue weighted by atomic mass is 17.0. The van der Waals surface area contributed by atoms with Gasteiger partial charge in [0.25, 0.3) is 5.09 Å². The van der Waals surface area contributed by atoms with Crippen LogP contribution in [0.3, 0.4) is 0 Å². The Balaban J connectivity index is 1.64. The van der Waals surface area contributed by atoms with Gasteiger partial charge in [0.05, 0.1) is 13.2 Å². The van der Waals surface area contributed by atoms with Crippen LogP contribution in [0, 0.1) is 10.1 Å². The fourth-order valence-corrected chi connectivity index (χ4v) is 3.08. The molecule has 25 heavy (non-hydrogen) atoms. The van der Waals surface area contributed by atoms with E-state index in [1.54, 1.807) is 0 Å². The van der Waals surface area contributed by atoms with Gasteiger partial charge in [0, 0.05) is 0 Å². The zero-order valence-corrected chi connectivity index (χ0v) is 12.6. The number of aliphatic carboxylic acids is 1. The Hall–Kier alpha value is -1.61. The summed E-state index contributed by atoms with van der Waals surface area (Å²) in [6, 6.07) is 0. The van der Waals surface area contributed by atoms with Gasteiger partial charge >= 0.3 is 5.97 Å². The van der Waals surface area contributed by atoms with Gasteiger partial charge in [-0.05, 0) is 0 Å². The lowest BCUT2D eigenvalue weighted by Crippen LogP contribution is -2.61. The smallest absolute Gasteiger partial charge is 0.335 e. The van der Waals surface area contributed by atoms with Crippen LogP contribution in [-0.4, -0.2) is 99.8 Å². The van der Waals surface area contributed by atoms with E-state index in [0.29, 0.717) is 0 Å². The van der Waals surface area contributed by atoms with Crippen molar-refractivity contribution in [2.45, 2.75) is 55.1 Å². The molecule has 0 amide bonds. The molecule has 3 aliphatic rings. The van der Waals surface area contributed by atoms with Crippen molar-refractivity contribution in [2.75, 3.05) is 13.2 Å². The highest BCUT2D eigenvalue weighted by molar-refractivity contribution is 5.73. The highest BCUT2D eigenvalue weighted by Gasteiger charge is 2.53. The first-order chi connectivity index (χ1) is 11.8. The second-order valence-corrected chi connectivity index (χ2v) is 5.87. The fraction of sp³-hybridized carbons (Fsp3) is 0.917. The van der Waals surface area contributed by atoms with Crippen LogP contribution in [-0.2, 0) is 28.6 Å². The summed E-state index contributed by atoms with van der Waals surface area (Å²) in [5, 5.41) is 47.8. The molecular weight excluding hydrogens is 350 g/mol. The maximum atomic E-state index is 11.1. The SMILES string of the molecule is O=C(O)[C@@H]1O[C@H](O[C@H]2CO[C@H]3[C@@H]2OC[C@H]3O[N+](=O)[O-])[C@@H](O)[C@H](O)[C@H]1O. The Morgan fingerprint density at radius 1 is 1.04 bits per heavy atom. The minimum absolute atomic E-state index is 0.0735. The molecule has 0 saturated carbocycles. The third kappa shape index (κ3) is 3.39. The molecule has 0 aromatic heterocycles. The molecule has 3 saturated heterocycles. The van der Waals surface area contributed by atoms with Crippen LogP contribution in [0.15, 0.2) is 0 Å². The van der Waals surface area contributed by atoms with Gasteiger partial charge in [0.1, 0.15) is 36.6 Å². The van der Waals surface area contributed by atoms with Crippen molar-refractivity contribution >= 4 is 5.97 Å². The van der Waals surface area contributed by atoms with E-state index in [4.69, 9.17) is 24.1 Å². The molecule has 3 rings (SSSR count). The van der Waals surface area contributed by atoms with Crippen molar-refractivity contribution in [3.8, 4) is 0 Å². The summed E-state index contributed by atoms with van der Waals surface area (Å²) in [6.07, 6.45) is -12.0. The van der Waals surface area contributed by atoms with Crippen molar-refractivity contribution in [3.05, 3.63) is 10.1 Å². The van der Waals surface area contributed by atoms with Gasteiger partial charge in [-0.25, -0.2) is 4.79 Å². The first-order valence-corrected chi connectivity index (χ1v) is 7.42. The monoisotopic (exact) mass is 367 g/mol. The highest BCUT2D eigenvalue weighted by Crippen LogP contribution is 2.33. The number of rotatable bonds is 5. The summed E-state index contributed by atoms with van der Waals surface area (Å²) in [5.74, 6) is -1.54. The number of ether oxygens (including phenoxy) is 4. The van der Waals surface area contributed by atoms with Gasteiger partial charge in [-0.1, -0.05) is 0 Å². The maximum Gasteiger partial charge on any atom is 0.335 e. The minimum atomic E-state index is -1.83. The number of aliphatic hydroxyl groups is 3. The zero-order chi connectivity index (χ0) is 18.3. The Bertz CT molecular complexity index is 530. The maximum absolute atomic E-state index is 11.1. The van der Waals surface area contributed by atoms with Gasteiger partial charge in [0.2, 0.25) is 0 Å². The van der Waals surface area contributed by atoms with Crippen molar-refractivity contribution in [2.24, 2.45) is 0 Å². The van der Waals surface area contributed by atoms with Gasteiger partial charge in [-0.3, -0.25) is 0 Å². The van der Waals surface area contributed by atoms with Crippen molar-refractivity contribution in [1.29, 1.82) is 0 Å². The summed E-state index contributed by atoms with van der Waals surface area (Å²) in [4.78, 5) is 25.9. The van der Waals surface area contributed by atoms with Crippen LogP contribution in [0.5, 0.6) is 0 Å². The predicted molar refractivity (Wildman–Crippen MR) is 70.5 cm³/mol. The Morgan fingerprint density at radius 2 is 1.64 bits per heavy atom. The number of carboxylic acids is 1. The third-order valence-electron chi connectivity index (χ3n) is 4.31. The molecule has 0 aliphatic carbocycles. The van der Waals surface area contributed by atoms with E-state index in [1.165, 1.54) is 0 Å². The largest absolute Gasteiger partial charge is 0.479 e. The summed E-state index contributed by atoms with van der Waals surface area (Å²) < 4.78 is 21.2. The van der Waals surface area contributed by atoms with Gasteiger partial charge in [-0.2, -0.15) is 0 Å². The molecule has 13 heteroatoms. The zero-order valence-electron chi connectivity index (χ0n) is 12.6. The second kappa shape index (κ2) is 6.95. The van der Waals surface area contributed by atoms with Crippen LogP contribution in [0.4, 0.5) is 0 Å². The summed E-state index contributed by atoms with van der Waals surface area (Å²) in [5.41, 5.74) is 0. The van der Waals surface area contributed by atoms with Gasteiger partial charge in [-0.15, -0.1) is 10.1 Å². The van der Waals surface area contributed by atoms with Crippen molar-refractivity contribution in [1.82, 2.24) is 0 Å². The average molecular weight is 367 g/mol. The summed E-state index contributed by atoms with van der Waals surface area (Å²) in [7, 11) is 0. The van der Waals surface area contributed by atoms with E-state index in [1.807, 2.05) is 0 Å². The molecule has 0 bridgehead atoms. The van der Waals surface area contributed by atoms with E-state index in [2.05, 4.69) is 4.84 Å². The molecule has 9 atom stereocenters. The molecule has 0 unspecified atom stereocenters. The summed E-state index contributed by atoms with van der Waals surface area (Å²) in [6.45, 7) is -0.181. The first kappa shape index (κ1) is 18.2. The molecule has 4 N–H and O–H groups in total. The van der Waals surface area contributed by atoms with E-state index in [0.717, 1.165) is 0 Å². The van der Waals surface area contributed by atoms with E-state index >= 15 is 0 Å². The van der Waals surface area contributed by atoms with Crippen LogP contribution in [0.1, 0.15) is 0 Å². The molecule has 0 aromatic rings. The van der Waals surface area contributed by atoms with E-state index < -0.39 is 66.2 Å². The van der Waals surface area contributed by atoms with Gasteiger partial charge < -0.3 is 44.2 Å². The molecule has 3 fully saturated rings. The number of carbonyl (C=O) groups is 1. The Labute approximate surface area is 139 Å². The normalized spacial score (nSPS) is 46.6. The van der Waals surface area contributed by atoms with Crippen LogP contribution in [0.2, 0.25) is 0 Å². The number of aliphatic hydroxyl groups excluding tert-OH is 3. The standard InChI is InChI=1S/C12H17NO12/c14-5-6(15)10(11(17)18)24-12(7(5)16)23-3-1-21-9-4(25-13(19)20)2-22-8(3)9/h3-10,12,14-16H,1-2H2,(H,17,18)/t3-,4+,5+,6+,7-,8+,9+,10+,12-/m0/s1. The lowest BCUT2D eigenvalue weighted by Gasteiger charge is -2.39. The average Bonchev–Trinajstić information content (AvgIpc) is 3.11. The number of hydrogen-bond donors (Lipinski definition) is 4. The van der Waals surface area contributed by atoms with Gasteiger partial charge in [0.15, 0.2) is 18.5 Å². The molecule has 3 aliphatic heterocycles. The van der Waals surface area contributed by atoms with Crippen LogP contribution >= 0.6 is 0 Å². The minimum Gasteiger partial charge on any atom is -0.479 e. The first-order valence-electron chi connectivity index (χ1n) is 7.42. The molecular formula is C12H17NO12. The molecule has 142 valence electrons.